The second-order valence-electron chi connectivity index (χ2n) is 8.84. The number of aryl methyl sites for hydroxylation is 1. The van der Waals surface area contributed by atoms with Crippen LogP contribution in [0.15, 0.2) is 29.0 Å². The Kier molecular flexibility index (Phi) is 5.36. The van der Waals surface area contributed by atoms with Crippen molar-refractivity contribution in [2.45, 2.75) is 51.6 Å². The molecule has 5 N–H and O–H groups in total. The lowest BCUT2D eigenvalue weighted by Gasteiger charge is -2.46. The molecule has 4 rings (SSSR count). The van der Waals surface area contributed by atoms with E-state index in [1.807, 2.05) is 19.9 Å². The smallest absolute Gasteiger partial charge is 0.255 e. The Morgan fingerprint density at radius 1 is 1.25 bits per heavy atom. The third-order valence-corrected chi connectivity index (χ3v) is 6.92. The zero-order chi connectivity index (χ0) is 23.4. The van der Waals surface area contributed by atoms with Gasteiger partial charge in [0.1, 0.15) is 22.8 Å². The Balaban J connectivity index is 1.87. The predicted molar refractivity (Wildman–Crippen MR) is 115 cm³/mol. The van der Waals surface area contributed by atoms with E-state index >= 15 is 0 Å². The van der Waals surface area contributed by atoms with Gasteiger partial charge in [-0.2, -0.15) is 0 Å². The topological polar surface area (TPSA) is 147 Å². The van der Waals surface area contributed by atoms with E-state index in [9.17, 15) is 29.7 Å². The number of aliphatic hydroxyl groups excluding tert-OH is 2. The summed E-state index contributed by atoms with van der Waals surface area (Å²) in [5, 5.41) is 33.1. The van der Waals surface area contributed by atoms with Crippen LogP contribution in [0.1, 0.15) is 49.3 Å². The molecule has 1 aromatic rings. The van der Waals surface area contributed by atoms with E-state index in [0.717, 1.165) is 24.0 Å². The summed E-state index contributed by atoms with van der Waals surface area (Å²) in [6, 6.07) is 3.64. The van der Waals surface area contributed by atoms with Gasteiger partial charge in [0, 0.05) is 17.9 Å². The lowest BCUT2D eigenvalue weighted by molar-refractivity contribution is -0.147. The number of unbranched alkanes of at least 4 members (excludes halogenated alkanes) is 1. The molecule has 0 heterocycles. The molecule has 1 amide bonds. The third-order valence-electron chi connectivity index (χ3n) is 6.92. The summed E-state index contributed by atoms with van der Waals surface area (Å²) in [5.41, 5.74) is 4.14. The highest BCUT2D eigenvalue weighted by Gasteiger charge is 2.60. The van der Waals surface area contributed by atoms with Gasteiger partial charge in [-0.1, -0.05) is 19.4 Å². The van der Waals surface area contributed by atoms with Gasteiger partial charge in [-0.3, -0.25) is 14.4 Å². The van der Waals surface area contributed by atoms with E-state index < -0.39 is 46.2 Å². The summed E-state index contributed by atoms with van der Waals surface area (Å²) in [7, 11) is 0. The van der Waals surface area contributed by atoms with Crippen LogP contribution in [0.2, 0.25) is 0 Å². The number of carbonyl (C=O) groups excluding carboxylic acids is 3. The minimum absolute atomic E-state index is 0.0214. The molecule has 3 aliphatic rings. The lowest BCUT2D eigenvalue weighted by atomic mass is 9.59. The van der Waals surface area contributed by atoms with E-state index in [-0.39, 0.29) is 24.2 Å². The lowest BCUT2D eigenvalue weighted by Crippen LogP contribution is -2.58. The summed E-state index contributed by atoms with van der Waals surface area (Å²) in [6.45, 7) is 4.39. The molecule has 0 unspecified atom stereocenters. The van der Waals surface area contributed by atoms with E-state index in [1.54, 1.807) is 6.07 Å². The highest BCUT2D eigenvalue weighted by molar-refractivity contribution is 6.22. The van der Waals surface area contributed by atoms with Crippen LogP contribution < -0.4 is 10.5 Å². The normalized spacial score (nSPS) is 27.1. The summed E-state index contributed by atoms with van der Waals surface area (Å²) >= 11 is 0. The fourth-order valence-corrected chi connectivity index (χ4v) is 5.21. The predicted octanol–water partition coefficient (Wildman–Crippen LogP) is 2.21. The van der Waals surface area contributed by atoms with Crippen LogP contribution in [0.3, 0.4) is 0 Å². The summed E-state index contributed by atoms with van der Waals surface area (Å²) in [4.78, 5) is 37.6. The van der Waals surface area contributed by atoms with Crippen molar-refractivity contribution in [3.8, 4) is 5.75 Å². The van der Waals surface area contributed by atoms with Crippen molar-refractivity contribution in [3.05, 3.63) is 45.7 Å². The van der Waals surface area contributed by atoms with Gasteiger partial charge in [0.05, 0.1) is 12.2 Å². The number of amides is 1. The fraction of sp³-hybridized carbons (Fsp3) is 0.458. The molecule has 1 aromatic carbocycles. The molecule has 0 radical (unpaired) electrons. The largest absolute Gasteiger partial charge is 0.508 e. The Morgan fingerprint density at radius 3 is 2.62 bits per heavy atom. The van der Waals surface area contributed by atoms with Crippen molar-refractivity contribution in [1.82, 2.24) is 0 Å². The summed E-state index contributed by atoms with van der Waals surface area (Å²) in [5.74, 6) is -5.05. The second kappa shape index (κ2) is 7.78. The molecule has 0 aliphatic heterocycles. The zero-order valence-corrected chi connectivity index (χ0v) is 18.1. The Morgan fingerprint density at radius 2 is 1.97 bits per heavy atom. The maximum absolute atomic E-state index is 13.5. The number of ether oxygens (including phenoxy) is 1. The van der Waals surface area contributed by atoms with E-state index in [1.165, 1.54) is 0 Å². The standard InChI is InChI=1S/C24H27NO7/c1-3-4-7-32-16-6-5-11(2)14-9-12-8-13-10-15(26)19(23(25)30)22(29)24(13,31)21(28)17(12)20(27)18(14)16/h5-6,12-13,27,29,31H,3-4,7-10H2,1-2H3,(H2,25,30)/t12-,13+,24+/m1/s1. The van der Waals surface area contributed by atoms with Gasteiger partial charge in [0.15, 0.2) is 11.4 Å². The zero-order valence-electron chi connectivity index (χ0n) is 18.1. The van der Waals surface area contributed by atoms with Crippen molar-refractivity contribution in [2.24, 2.45) is 17.6 Å². The van der Waals surface area contributed by atoms with Crippen molar-refractivity contribution in [3.63, 3.8) is 0 Å². The summed E-state index contributed by atoms with van der Waals surface area (Å²) in [6.07, 6.45) is 2.07. The van der Waals surface area contributed by atoms with Gasteiger partial charge in [-0.25, -0.2) is 0 Å². The van der Waals surface area contributed by atoms with E-state index in [0.29, 0.717) is 24.3 Å². The first-order valence-electron chi connectivity index (χ1n) is 10.8. The molecule has 8 heteroatoms. The molecule has 8 nitrogen and oxygen atoms in total. The number of carbonyl (C=O) groups is 3. The number of Topliss-reactive ketones (excluding diaryl/α,β-unsaturated/α-hetero) is 2. The Bertz CT molecular complexity index is 1100. The molecule has 0 spiro atoms. The monoisotopic (exact) mass is 441 g/mol. The van der Waals surface area contributed by atoms with Crippen LogP contribution in [0.5, 0.6) is 5.75 Å². The average molecular weight is 441 g/mol. The fourth-order valence-electron chi connectivity index (χ4n) is 5.21. The molecule has 32 heavy (non-hydrogen) atoms. The van der Waals surface area contributed by atoms with Gasteiger partial charge in [-0.15, -0.1) is 0 Å². The first-order chi connectivity index (χ1) is 15.1. The van der Waals surface area contributed by atoms with Crippen molar-refractivity contribution < 1.29 is 34.4 Å². The molecule has 1 fully saturated rings. The van der Waals surface area contributed by atoms with Gasteiger partial charge < -0.3 is 25.8 Å². The van der Waals surface area contributed by atoms with Gasteiger partial charge in [-0.05, 0) is 49.3 Å². The van der Waals surface area contributed by atoms with Gasteiger partial charge in [0.2, 0.25) is 5.78 Å². The molecule has 0 saturated heterocycles. The molecule has 0 aromatic heterocycles. The molecule has 3 aliphatic carbocycles. The Hall–Kier alpha value is -3.13. The maximum atomic E-state index is 13.5. The van der Waals surface area contributed by atoms with Gasteiger partial charge in [0.25, 0.3) is 5.91 Å². The SMILES string of the molecule is CCCCOc1ccc(C)c2c1C(O)=C1C(=O)[C@]3(O)C(O)=C(C(N)=O)C(=O)C[C@@H]3C[C@@H]1C2. The second-order valence-corrected chi connectivity index (χ2v) is 8.84. The third kappa shape index (κ3) is 3.04. The van der Waals surface area contributed by atoms with E-state index in [4.69, 9.17) is 10.5 Å². The van der Waals surface area contributed by atoms with Crippen LogP contribution in [0.4, 0.5) is 0 Å². The number of ketones is 2. The van der Waals surface area contributed by atoms with Crippen LogP contribution in [-0.4, -0.2) is 45.0 Å². The number of benzene rings is 1. The minimum atomic E-state index is -2.48. The molecule has 0 bridgehead atoms. The first kappa shape index (κ1) is 22.1. The molecular formula is C24H27NO7. The Labute approximate surface area is 185 Å². The van der Waals surface area contributed by atoms with Crippen molar-refractivity contribution >= 4 is 23.2 Å². The number of fused-ring (bicyclic) bond motifs is 3. The van der Waals surface area contributed by atoms with Crippen molar-refractivity contribution in [1.29, 1.82) is 0 Å². The molecular weight excluding hydrogens is 414 g/mol. The van der Waals surface area contributed by atoms with Crippen LogP contribution >= 0.6 is 0 Å². The summed E-state index contributed by atoms with van der Waals surface area (Å²) < 4.78 is 5.87. The quantitative estimate of drug-likeness (QED) is 0.404. The molecule has 3 atom stereocenters. The number of rotatable bonds is 5. The van der Waals surface area contributed by atoms with Crippen LogP contribution in [-0.2, 0) is 20.8 Å². The highest BCUT2D eigenvalue weighted by Crippen LogP contribution is 2.52. The number of nitrogens with two attached hydrogens (primary N) is 1. The molecule has 170 valence electrons. The van der Waals surface area contributed by atoms with Crippen LogP contribution in [0, 0.1) is 18.8 Å². The highest BCUT2D eigenvalue weighted by atomic mass is 16.5. The number of aliphatic hydroxyl groups is 3. The number of hydrogen-bond donors (Lipinski definition) is 4. The minimum Gasteiger partial charge on any atom is -0.508 e. The maximum Gasteiger partial charge on any atom is 0.255 e. The number of hydrogen-bond acceptors (Lipinski definition) is 7. The molecule has 1 saturated carbocycles. The van der Waals surface area contributed by atoms with E-state index in [2.05, 4.69) is 0 Å². The van der Waals surface area contributed by atoms with Crippen LogP contribution in [0.25, 0.3) is 5.76 Å². The van der Waals surface area contributed by atoms with Gasteiger partial charge >= 0.3 is 0 Å². The number of primary amides is 1. The van der Waals surface area contributed by atoms with Crippen molar-refractivity contribution in [2.75, 3.05) is 6.61 Å². The average Bonchev–Trinajstić information content (AvgIpc) is 2.72. The first-order valence-corrected chi connectivity index (χ1v) is 10.8.